The SMILES string of the molecule is CN1C(C(=O)O)=C([N+](=O)[O-])C(C(F)(F)C(F)(F)F)N1C. The van der Waals surface area contributed by atoms with E-state index in [-0.39, 0.29) is 5.01 Å². The van der Waals surface area contributed by atoms with Crippen LogP contribution in [0.1, 0.15) is 0 Å². The van der Waals surface area contributed by atoms with Crippen LogP contribution in [0.25, 0.3) is 0 Å². The molecule has 1 aliphatic rings. The van der Waals surface area contributed by atoms with Crippen molar-refractivity contribution in [3.8, 4) is 0 Å². The summed E-state index contributed by atoms with van der Waals surface area (Å²) in [7, 11) is 1.53. The monoisotopic (exact) mass is 305 g/mol. The van der Waals surface area contributed by atoms with E-state index in [9.17, 15) is 36.9 Å². The highest BCUT2D eigenvalue weighted by Crippen LogP contribution is 2.45. The predicted molar refractivity (Wildman–Crippen MR) is 52.0 cm³/mol. The van der Waals surface area contributed by atoms with Crippen LogP contribution in [0.5, 0.6) is 0 Å². The molecule has 0 aromatic rings. The molecule has 1 heterocycles. The summed E-state index contributed by atoms with van der Waals surface area (Å²) in [6.07, 6.45) is -6.07. The fourth-order valence-electron chi connectivity index (χ4n) is 1.80. The first-order chi connectivity index (χ1) is 8.84. The van der Waals surface area contributed by atoms with Crippen molar-refractivity contribution < 1.29 is 36.8 Å². The third kappa shape index (κ3) is 2.15. The molecule has 0 aromatic heterocycles. The molecule has 1 rings (SSSR count). The maximum absolute atomic E-state index is 13.4. The van der Waals surface area contributed by atoms with Gasteiger partial charge in [0, 0.05) is 14.1 Å². The number of hydrogen-bond acceptors (Lipinski definition) is 5. The van der Waals surface area contributed by atoms with E-state index in [2.05, 4.69) is 0 Å². The fraction of sp³-hybridized carbons (Fsp3) is 0.625. The maximum atomic E-state index is 13.4. The molecule has 0 aliphatic carbocycles. The lowest BCUT2D eigenvalue weighted by Crippen LogP contribution is -2.55. The molecule has 0 saturated heterocycles. The van der Waals surface area contributed by atoms with Crippen molar-refractivity contribution in [2.24, 2.45) is 0 Å². The Morgan fingerprint density at radius 2 is 1.75 bits per heavy atom. The van der Waals surface area contributed by atoms with E-state index in [4.69, 9.17) is 5.11 Å². The van der Waals surface area contributed by atoms with Gasteiger partial charge in [0.2, 0.25) is 5.70 Å². The highest BCUT2D eigenvalue weighted by atomic mass is 19.4. The Morgan fingerprint density at radius 1 is 1.30 bits per heavy atom. The Morgan fingerprint density at radius 3 is 2.05 bits per heavy atom. The number of nitro groups is 1. The number of alkyl halides is 5. The average molecular weight is 305 g/mol. The van der Waals surface area contributed by atoms with Gasteiger partial charge in [0.15, 0.2) is 6.04 Å². The van der Waals surface area contributed by atoms with Crippen molar-refractivity contribution in [3.05, 3.63) is 21.5 Å². The zero-order chi connectivity index (χ0) is 16.0. The van der Waals surface area contributed by atoms with E-state index in [1.165, 1.54) is 0 Å². The largest absolute Gasteiger partial charge is 0.476 e. The second kappa shape index (κ2) is 4.54. The highest BCUT2D eigenvalue weighted by molar-refractivity contribution is 5.87. The van der Waals surface area contributed by atoms with Crippen LogP contribution in [0.4, 0.5) is 22.0 Å². The lowest BCUT2D eigenvalue weighted by molar-refractivity contribution is -0.442. The molecule has 0 spiro atoms. The minimum absolute atomic E-state index is 0.162. The number of nitrogens with zero attached hydrogens (tertiary/aromatic N) is 3. The van der Waals surface area contributed by atoms with Crippen molar-refractivity contribution in [1.29, 1.82) is 0 Å². The topological polar surface area (TPSA) is 86.9 Å². The minimum Gasteiger partial charge on any atom is -0.476 e. The number of hydrazine groups is 1. The first kappa shape index (κ1) is 16.1. The Bertz CT molecular complexity index is 489. The number of rotatable bonds is 3. The van der Waals surface area contributed by atoms with Gasteiger partial charge in [0.1, 0.15) is 0 Å². The standard InChI is InChI=1S/C8H8F5N3O4/c1-14-4(6(17)18)3(16(19)20)5(15(14)2)7(9,10)8(11,12)13/h5H,1-2H3,(H,17,18). The molecule has 12 heteroatoms. The van der Waals surface area contributed by atoms with E-state index >= 15 is 0 Å². The average Bonchev–Trinajstić information content (AvgIpc) is 2.50. The van der Waals surface area contributed by atoms with Crippen molar-refractivity contribution >= 4 is 5.97 Å². The Balaban J connectivity index is 3.54. The lowest BCUT2D eigenvalue weighted by Gasteiger charge is -2.31. The quantitative estimate of drug-likeness (QED) is 0.474. The van der Waals surface area contributed by atoms with Gasteiger partial charge in [-0.15, -0.1) is 0 Å². The molecule has 0 bridgehead atoms. The number of aliphatic carboxylic acids is 1. The number of hydrogen-bond donors (Lipinski definition) is 1. The van der Waals surface area contributed by atoms with E-state index in [0.29, 0.717) is 12.1 Å². The van der Waals surface area contributed by atoms with Crippen LogP contribution >= 0.6 is 0 Å². The Labute approximate surface area is 108 Å². The van der Waals surface area contributed by atoms with Crippen LogP contribution in [0.2, 0.25) is 0 Å². The van der Waals surface area contributed by atoms with Gasteiger partial charge in [-0.05, 0) is 0 Å². The summed E-state index contributed by atoms with van der Waals surface area (Å²) in [4.78, 5) is 20.0. The van der Waals surface area contributed by atoms with Crippen LogP contribution in [-0.2, 0) is 4.79 Å². The van der Waals surface area contributed by atoms with Gasteiger partial charge in [-0.25, -0.2) is 9.80 Å². The van der Waals surface area contributed by atoms with Gasteiger partial charge in [-0.1, -0.05) is 0 Å². The summed E-state index contributed by atoms with van der Waals surface area (Å²) in [5, 5.41) is 20.0. The predicted octanol–water partition coefficient (Wildman–Crippen LogP) is 0.918. The zero-order valence-electron chi connectivity index (χ0n) is 9.98. The lowest BCUT2D eigenvalue weighted by atomic mass is 10.1. The molecular formula is C8H8F5N3O4. The number of halogens is 5. The van der Waals surface area contributed by atoms with Gasteiger partial charge in [-0.3, -0.25) is 15.1 Å². The number of carbonyl (C=O) groups is 1. The number of likely N-dealkylation sites (N-methyl/N-ethyl adjacent to an activating group) is 2. The molecule has 1 unspecified atom stereocenters. The highest BCUT2D eigenvalue weighted by Gasteiger charge is 2.70. The molecule has 0 saturated carbocycles. The molecule has 20 heavy (non-hydrogen) atoms. The zero-order valence-corrected chi connectivity index (χ0v) is 9.98. The second-order valence-electron chi connectivity index (χ2n) is 3.92. The van der Waals surface area contributed by atoms with Crippen LogP contribution in [0.3, 0.4) is 0 Å². The first-order valence-electron chi connectivity index (χ1n) is 4.86. The summed E-state index contributed by atoms with van der Waals surface area (Å²) in [6, 6.07) is -3.06. The van der Waals surface area contributed by atoms with Gasteiger partial charge < -0.3 is 5.11 Å². The van der Waals surface area contributed by atoms with E-state index in [0.717, 1.165) is 7.05 Å². The summed E-state index contributed by atoms with van der Waals surface area (Å²) in [5.74, 6) is -7.47. The van der Waals surface area contributed by atoms with Crippen molar-refractivity contribution in [2.45, 2.75) is 18.1 Å². The fourth-order valence-corrected chi connectivity index (χ4v) is 1.80. The molecule has 0 aromatic carbocycles. The van der Waals surface area contributed by atoms with Crippen LogP contribution in [0, 0.1) is 10.1 Å². The van der Waals surface area contributed by atoms with E-state index in [1.54, 1.807) is 0 Å². The van der Waals surface area contributed by atoms with Crippen molar-refractivity contribution in [1.82, 2.24) is 10.0 Å². The van der Waals surface area contributed by atoms with Crippen molar-refractivity contribution in [3.63, 3.8) is 0 Å². The van der Waals surface area contributed by atoms with Gasteiger partial charge in [0.05, 0.1) is 4.92 Å². The molecule has 1 N–H and O–H groups in total. The molecular weight excluding hydrogens is 297 g/mol. The molecule has 7 nitrogen and oxygen atoms in total. The number of carboxylic acid groups (broad SMARTS) is 1. The Kier molecular flexibility index (Phi) is 3.65. The maximum Gasteiger partial charge on any atom is 0.455 e. The van der Waals surface area contributed by atoms with E-state index < -0.39 is 40.4 Å². The van der Waals surface area contributed by atoms with Crippen LogP contribution in [0.15, 0.2) is 11.4 Å². The molecule has 0 radical (unpaired) electrons. The molecule has 114 valence electrons. The van der Waals surface area contributed by atoms with Crippen molar-refractivity contribution in [2.75, 3.05) is 14.1 Å². The normalized spacial score (nSPS) is 21.6. The van der Waals surface area contributed by atoms with Gasteiger partial charge >= 0.3 is 23.8 Å². The molecule has 1 aliphatic heterocycles. The van der Waals surface area contributed by atoms with Gasteiger partial charge in [-0.2, -0.15) is 22.0 Å². The molecule has 1 atom stereocenters. The smallest absolute Gasteiger partial charge is 0.455 e. The second-order valence-corrected chi connectivity index (χ2v) is 3.92. The molecule has 0 amide bonds. The third-order valence-corrected chi connectivity index (χ3v) is 2.79. The third-order valence-electron chi connectivity index (χ3n) is 2.79. The summed E-state index contributed by atoms with van der Waals surface area (Å²) in [5.41, 5.74) is -2.96. The summed E-state index contributed by atoms with van der Waals surface area (Å²) in [6.45, 7) is 0. The summed E-state index contributed by atoms with van der Waals surface area (Å²) < 4.78 is 63.9. The summed E-state index contributed by atoms with van der Waals surface area (Å²) >= 11 is 0. The molecule has 0 fully saturated rings. The van der Waals surface area contributed by atoms with Crippen LogP contribution in [-0.4, -0.2) is 58.3 Å². The van der Waals surface area contributed by atoms with Gasteiger partial charge in [0.25, 0.3) is 0 Å². The minimum atomic E-state index is -6.07. The number of carboxylic acids is 1. The van der Waals surface area contributed by atoms with Crippen LogP contribution < -0.4 is 0 Å². The Hall–Kier alpha value is -1.98. The first-order valence-corrected chi connectivity index (χ1v) is 4.86. The van der Waals surface area contributed by atoms with E-state index in [1.807, 2.05) is 0 Å².